The molecule has 69 valence electrons. The van der Waals surface area contributed by atoms with Crippen LogP contribution in [0.2, 0.25) is 0 Å². The van der Waals surface area contributed by atoms with E-state index in [0.717, 1.165) is 6.42 Å². The van der Waals surface area contributed by atoms with Gasteiger partial charge in [-0.3, -0.25) is 0 Å². The maximum absolute atomic E-state index is 3.12. The summed E-state index contributed by atoms with van der Waals surface area (Å²) in [4.78, 5) is 0. The van der Waals surface area contributed by atoms with E-state index >= 15 is 0 Å². The fourth-order valence-corrected chi connectivity index (χ4v) is 1.23. The third-order valence-corrected chi connectivity index (χ3v) is 1.97. The highest BCUT2D eigenvalue weighted by molar-refractivity contribution is 5.08. The maximum atomic E-state index is 3.12. The van der Waals surface area contributed by atoms with Gasteiger partial charge in [0.15, 0.2) is 0 Å². The van der Waals surface area contributed by atoms with Gasteiger partial charge in [-0.25, -0.2) is 0 Å². The standard InChI is InChI=1S/C13H17/c1-2-4-6-8-10-12-13-11-9-7-5-3-1/h1-4,8,12-13H,5,7,9-11H2/b3-1+,4-2+,8-6?,13-12+. The predicted octanol–water partition coefficient (Wildman–Crippen LogP) is 3.98. The van der Waals surface area contributed by atoms with Gasteiger partial charge in [-0.1, -0.05) is 42.5 Å². The predicted molar refractivity (Wildman–Crippen MR) is 58.3 cm³/mol. The molecule has 0 saturated heterocycles. The van der Waals surface area contributed by atoms with Gasteiger partial charge in [-0.15, -0.1) is 0 Å². The minimum Gasteiger partial charge on any atom is -0.0882 e. The fourth-order valence-electron chi connectivity index (χ4n) is 1.23. The second-order valence-corrected chi connectivity index (χ2v) is 3.15. The van der Waals surface area contributed by atoms with Gasteiger partial charge in [0.2, 0.25) is 0 Å². The van der Waals surface area contributed by atoms with E-state index in [4.69, 9.17) is 0 Å². The van der Waals surface area contributed by atoms with Crippen molar-refractivity contribution in [2.75, 3.05) is 0 Å². The molecule has 0 saturated carbocycles. The largest absolute Gasteiger partial charge is 0.0882 e. The average Bonchev–Trinajstić information content (AvgIpc) is 2.18. The van der Waals surface area contributed by atoms with Gasteiger partial charge >= 0.3 is 0 Å². The Morgan fingerprint density at radius 2 is 1.69 bits per heavy atom. The Hall–Kier alpha value is -1.04. The highest BCUT2D eigenvalue weighted by Gasteiger charge is 1.83. The first-order valence-corrected chi connectivity index (χ1v) is 5.04. The molecule has 0 aromatic carbocycles. The highest BCUT2D eigenvalue weighted by Crippen LogP contribution is 2.03. The molecule has 0 N–H and O–H groups in total. The number of hydrogen-bond acceptors (Lipinski definition) is 0. The van der Waals surface area contributed by atoms with Crippen LogP contribution >= 0.6 is 0 Å². The van der Waals surface area contributed by atoms with Crippen molar-refractivity contribution in [1.29, 1.82) is 0 Å². The van der Waals surface area contributed by atoms with Crippen molar-refractivity contribution in [2.45, 2.75) is 32.1 Å². The first-order valence-electron chi connectivity index (χ1n) is 5.04. The van der Waals surface area contributed by atoms with Crippen molar-refractivity contribution < 1.29 is 0 Å². The van der Waals surface area contributed by atoms with Crippen LogP contribution in [0.15, 0.2) is 42.5 Å². The molecule has 1 rings (SSSR count). The lowest BCUT2D eigenvalue weighted by Crippen LogP contribution is -1.71. The molecule has 0 heteroatoms. The maximum Gasteiger partial charge on any atom is -0.0160 e. The summed E-state index contributed by atoms with van der Waals surface area (Å²) < 4.78 is 0. The summed E-state index contributed by atoms with van der Waals surface area (Å²) in [7, 11) is 0. The average molecular weight is 173 g/mol. The number of hydrogen-bond donors (Lipinski definition) is 0. The second kappa shape index (κ2) is 7.60. The molecule has 1 aliphatic rings. The molecule has 1 aliphatic carbocycles. The van der Waals surface area contributed by atoms with E-state index in [1.54, 1.807) is 0 Å². The normalized spacial score (nSPS) is 28.9. The van der Waals surface area contributed by atoms with Crippen LogP contribution in [0.25, 0.3) is 0 Å². The Balaban J connectivity index is 2.38. The van der Waals surface area contributed by atoms with Crippen LogP contribution in [-0.2, 0) is 0 Å². The summed E-state index contributed by atoms with van der Waals surface area (Å²) in [6, 6.07) is 0. The van der Waals surface area contributed by atoms with E-state index in [9.17, 15) is 0 Å². The Kier molecular flexibility index (Phi) is 5.87. The summed E-state index contributed by atoms with van der Waals surface area (Å²) in [6.45, 7) is 0. The third kappa shape index (κ3) is 6.15. The molecule has 0 atom stereocenters. The number of rotatable bonds is 0. The smallest absolute Gasteiger partial charge is 0.0160 e. The summed E-state index contributed by atoms with van der Waals surface area (Å²) in [5.74, 6) is 0. The lowest BCUT2D eigenvalue weighted by Gasteiger charge is -1.91. The molecular formula is C13H17. The van der Waals surface area contributed by atoms with E-state index in [1.165, 1.54) is 25.7 Å². The second-order valence-electron chi connectivity index (χ2n) is 3.15. The lowest BCUT2D eigenvalue weighted by molar-refractivity contribution is 0.761. The van der Waals surface area contributed by atoms with Gasteiger partial charge in [-0.05, 0) is 38.2 Å². The Labute approximate surface area is 81.4 Å². The van der Waals surface area contributed by atoms with Gasteiger partial charge in [0.05, 0.1) is 0 Å². The molecule has 13 heavy (non-hydrogen) atoms. The molecule has 1 radical (unpaired) electrons. The molecule has 0 heterocycles. The quantitative estimate of drug-likeness (QED) is 0.486. The van der Waals surface area contributed by atoms with E-state index in [2.05, 4.69) is 36.5 Å². The van der Waals surface area contributed by atoms with Crippen LogP contribution < -0.4 is 0 Å². The Morgan fingerprint density at radius 3 is 2.62 bits per heavy atom. The minimum atomic E-state index is 1.01. The zero-order valence-corrected chi connectivity index (χ0v) is 8.08. The first kappa shape index (κ1) is 10.0. The molecule has 0 aromatic rings. The summed E-state index contributed by atoms with van der Waals surface area (Å²) in [5, 5.41) is 0. The number of allylic oxidation sites excluding steroid dienone is 8. The molecule has 0 aliphatic heterocycles. The highest BCUT2D eigenvalue weighted by atomic mass is 13.9. The third-order valence-electron chi connectivity index (χ3n) is 1.97. The van der Waals surface area contributed by atoms with Crippen LogP contribution in [0.5, 0.6) is 0 Å². The van der Waals surface area contributed by atoms with Gasteiger partial charge < -0.3 is 0 Å². The Bertz CT molecular complexity index is 216. The fraction of sp³-hybridized carbons (Fsp3) is 0.385. The Morgan fingerprint density at radius 1 is 0.846 bits per heavy atom. The van der Waals surface area contributed by atoms with Crippen LogP contribution in [-0.4, -0.2) is 0 Å². The molecule has 0 aromatic heterocycles. The lowest BCUT2D eigenvalue weighted by atomic mass is 10.2. The molecule has 0 spiro atoms. The molecule has 0 unspecified atom stereocenters. The zero-order valence-electron chi connectivity index (χ0n) is 8.08. The van der Waals surface area contributed by atoms with E-state index in [-0.39, 0.29) is 0 Å². The van der Waals surface area contributed by atoms with Crippen molar-refractivity contribution in [1.82, 2.24) is 0 Å². The van der Waals surface area contributed by atoms with E-state index in [1.807, 2.05) is 12.2 Å². The minimum absolute atomic E-state index is 1.01. The van der Waals surface area contributed by atoms with E-state index < -0.39 is 0 Å². The van der Waals surface area contributed by atoms with Gasteiger partial charge in [0, 0.05) is 0 Å². The monoisotopic (exact) mass is 173 g/mol. The van der Waals surface area contributed by atoms with Crippen molar-refractivity contribution in [3.05, 3.63) is 48.6 Å². The molecule has 0 bridgehead atoms. The summed E-state index contributed by atoms with van der Waals surface area (Å²) in [5.41, 5.74) is 0. The van der Waals surface area contributed by atoms with Crippen LogP contribution in [0.1, 0.15) is 32.1 Å². The molecular weight excluding hydrogens is 156 g/mol. The van der Waals surface area contributed by atoms with Crippen LogP contribution in [0.3, 0.4) is 0 Å². The first-order chi connectivity index (χ1) is 6.50. The van der Waals surface area contributed by atoms with Crippen LogP contribution in [0, 0.1) is 6.08 Å². The zero-order chi connectivity index (χ0) is 9.19. The van der Waals surface area contributed by atoms with Gasteiger partial charge in [0.25, 0.3) is 0 Å². The SMILES string of the molecule is [C]1=C/C/C=C/CCCC/C=C/C=C/1. The molecule has 0 nitrogen and oxygen atoms in total. The molecule has 0 amide bonds. The molecule has 0 fully saturated rings. The van der Waals surface area contributed by atoms with E-state index in [0.29, 0.717) is 0 Å². The van der Waals surface area contributed by atoms with Gasteiger partial charge in [-0.2, -0.15) is 0 Å². The summed E-state index contributed by atoms with van der Waals surface area (Å²) >= 11 is 0. The van der Waals surface area contributed by atoms with Crippen molar-refractivity contribution in [2.24, 2.45) is 0 Å². The van der Waals surface area contributed by atoms with Crippen molar-refractivity contribution in [3.8, 4) is 0 Å². The van der Waals surface area contributed by atoms with Crippen LogP contribution in [0.4, 0.5) is 0 Å². The summed E-state index contributed by atoms with van der Waals surface area (Å²) in [6.07, 6.45) is 24.0. The van der Waals surface area contributed by atoms with Gasteiger partial charge in [0.1, 0.15) is 0 Å². The topological polar surface area (TPSA) is 0 Å². The van der Waals surface area contributed by atoms with Crippen molar-refractivity contribution >= 4 is 0 Å². The van der Waals surface area contributed by atoms with Crippen molar-refractivity contribution in [3.63, 3.8) is 0 Å².